The third kappa shape index (κ3) is 7.95. The molecule has 0 saturated heterocycles. The van der Waals surface area contributed by atoms with Crippen molar-refractivity contribution in [3.8, 4) is 11.5 Å². The fourth-order valence-electron chi connectivity index (χ4n) is 4.36. The van der Waals surface area contributed by atoms with E-state index < -0.39 is 34.8 Å². The van der Waals surface area contributed by atoms with Crippen molar-refractivity contribution >= 4 is 17.7 Å². The summed E-state index contributed by atoms with van der Waals surface area (Å²) < 4.78 is 33.4. The van der Waals surface area contributed by atoms with Gasteiger partial charge in [0.1, 0.15) is 16.9 Å². The standard InChI is InChI=1S/C29H30F2N4O3S/c1-2-18-7-6-8-19(11-18)16-33-17-24(25(32)14-20-12-22(30)15-23(31)13-20)26(28(36)37)39-29-35-34-27(38-29)21-9-4-3-5-10-21/h3-13,15,24-26,33H,2,14,16-17,32H2,1H3,(H,36,37)/t24-,25+,26?/m1/s1. The number of hydrogen-bond donors (Lipinski definition) is 3. The lowest BCUT2D eigenvalue weighted by molar-refractivity contribution is -0.137. The molecule has 0 fully saturated rings. The molecular formula is C29H30F2N4O3S. The van der Waals surface area contributed by atoms with Crippen molar-refractivity contribution in [2.75, 3.05) is 6.54 Å². The van der Waals surface area contributed by atoms with Gasteiger partial charge in [-0.05, 0) is 65.6 Å². The maximum Gasteiger partial charge on any atom is 0.317 e. The summed E-state index contributed by atoms with van der Waals surface area (Å²) in [6, 6.07) is 19.7. The summed E-state index contributed by atoms with van der Waals surface area (Å²) in [5, 5.41) is 20.6. The van der Waals surface area contributed by atoms with Gasteiger partial charge >= 0.3 is 5.97 Å². The van der Waals surface area contributed by atoms with Crippen molar-refractivity contribution in [3.63, 3.8) is 0 Å². The first-order valence-electron chi connectivity index (χ1n) is 12.6. The van der Waals surface area contributed by atoms with Gasteiger partial charge in [0.05, 0.1) is 0 Å². The molecule has 0 radical (unpaired) electrons. The van der Waals surface area contributed by atoms with Crippen molar-refractivity contribution in [1.82, 2.24) is 15.5 Å². The average molecular weight is 553 g/mol. The second kappa shape index (κ2) is 13.5. The van der Waals surface area contributed by atoms with Crippen LogP contribution in [0.15, 0.2) is 82.4 Å². The van der Waals surface area contributed by atoms with Crippen LogP contribution in [0.1, 0.15) is 23.6 Å². The summed E-state index contributed by atoms with van der Waals surface area (Å²) in [7, 11) is 0. The summed E-state index contributed by atoms with van der Waals surface area (Å²) in [6.07, 6.45) is 0.980. The quantitative estimate of drug-likeness (QED) is 0.196. The van der Waals surface area contributed by atoms with E-state index in [1.807, 2.05) is 48.5 Å². The zero-order chi connectivity index (χ0) is 27.8. The molecule has 0 aliphatic carbocycles. The van der Waals surface area contributed by atoms with Gasteiger partial charge in [0.25, 0.3) is 5.22 Å². The number of aromatic nitrogens is 2. The Balaban J connectivity index is 1.55. The van der Waals surface area contributed by atoms with Gasteiger partial charge in [-0.1, -0.05) is 49.4 Å². The Kier molecular flexibility index (Phi) is 9.80. The highest BCUT2D eigenvalue weighted by Gasteiger charge is 2.35. The molecule has 0 amide bonds. The number of carboxylic acids is 1. The Morgan fingerprint density at radius 1 is 1.00 bits per heavy atom. The van der Waals surface area contributed by atoms with Crippen LogP contribution in [0, 0.1) is 17.6 Å². The third-order valence-electron chi connectivity index (χ3n) is 6.34. The van der Waals surface area contributed by atoms with Crippen molar-refractivity contribution in [1.29, 1.82) is 0 Å². The largest absolute Gasteiger partial charge is 0.480 e. The van der Waals surface area contributed by atoms with Crippen molar-refractivity contribution in [2.45, 2.75) is 42.8 Å². The summed E-state index contributed by atoms with van der Waals surface area (Å²) in [4.78, 5) is 12.5. The minimum Gasteiger partial charge on any atom is -0.480 e. The molecule has 4 N–H and O–H groups in total. The van der Waals surface area contributed by atoms with Crippen LogP contribution in [0.25, 0.3) is 11.5 Å². The van der Waals surface area contributed by atoms with Crippen molar-refractivity contribution in [2.24, 2.45) is 11.7 Å². The Hall–Kier alpha value is -3.60. The zero-order valence-corrected chi connectivity index (χ0v) is 22.2. The fraction of sp³-hybridized carbons (Fsp3) is 0.276. The van der Waals surface area contributed by atoms with E-state index in [-0.39, 0.29) is 24.1 Å². The summed E-state index contributed by atoms with van der Waals surface area (Å²) >= 11 is 0.910. The molecule has 4 aromatic rings. The van der Waals surface area contributed by atoms with Crippen LogP contribution in [0.5, 0.6) is 0 Å². The minimum absolute atomic E-state index is 0.0792. The number of aryl methyl sites for hydroxylation is 1. The molecule has 10 heteroatoms. The van der Waals surface area contributed by atoms with E-state index in [1.54, 1.807) is 0 Å². The zero-order valence-electron chi connectivity index (χ0n) is 21.4. The molecule has 3 aromatic carbocycles. The second-order valence-corrected chi connectivity index (χ2v) is 10.3. The van der Waals surface area contributed by atoms with E-state index >= 15 is 0 Å². The van der Waals surface area contributed by atoms with E-state index in [1.165, 1.54) is 17.7 Å². The molecule has 1 unspecified atom stereocenters. The molecule has 0 aliphatic rings. The van der Waals surface area contributed by atoms with Gasteiger partial charge in [0.15, 0.2) is 0 Å². The molecule has 0 saturated carbocycles. The fourth-order valence-corrected chi connectivity index (χ4v) is 5.37. The van der Waals surface area contributed by atoms with Crippen LogP contribution in [0.2, 0.25) is 0 Å². The number of rotatable bonds is 13. The van der Waals surface area contributed by atoms with Gasteiger partial charge in [-0.15, -0.1) is 10.2 Å². The van der Waals surface area contributed by atoms with E-state index in [2.05, 4.69) is 28.5 Å². The number of nitrogens with one attached hydrogen (secondary N) is 1. The first-order valence-corrected chi connectivity index (χ1v) is 13.5. The topological polar surface area (TPSA) is 114 Å². The van der Waals surface area contributed by atoms with Gasteiger partial charge < -0.3 is 20.6 Å². The van der Waals surface area contributed by atoms with Gasteiger partial charge in [-0.3, -0.25) is 4.79 Å². The average Bonchev–Trinajstić information content (AvgIpc) is 3.39. The lowest BCUT2D eigenvalue weighted by atomic mass is 9.90. The first-order chi connectivity index (χ1) is 18.8. The van der Waals surface area contributed by atoms with Crippen LogP contribution in [0.4, 0.5) is 8.78 Å². The second-order valence-electron chi connectivity index (χ2n) is 9.23. The van der Waals surface area contributed by atoms with Gasteiger partial charge in [-0.25, -0.2) is 8.78 Å². The number of thioether (sulfide) groups is 1. The number of nitrogens with two attached hydrogens (primary N) is 1. The smallest absolute Gasteiger partial charge is 0.317 e. The van der Waals surface area contributed by atoms with Crippen LogP contribution >= 0.6 is 11.8 Å². The highest BCUT2D eigenvalue weighted by atomic mass is 32.2. The van der Waals surface area contributed by atoms with E-state index in [0.29, 0.717) is 17.7 Å². The summed E-state index contributed by atoms with van der Waals surface area (Å²) in [5.74, 6) is -2.93. The molecule has 0 bridgehead atoms. The lowest BCUT2D eigenvalue weighted by Crippen LogP contribution is -2.46. The number of carbonyl (C=O) groups is 1. The molecule has 0 spiro atoms. The number of aliphatic carboxylic acids is 1. The SMILES string of the molecule is CCc1cccc(CNC[C@@H](C(Sc2nnc(-c3ccccc3)o2)C(=O)O)[C@@H](N)Cc2cc(F)cc(F)c2)c1. The number of halogens is 2. The monoisotopic (exact) mass is 552 g/mol. The Labute approximate surface area is 229 Å². The van der Waals surface area contributed by atoms with E-state index in [0.717, 1.165) is 29.8 Å². The molecule has 39 heavy (non-hydrogen) atoms. The highest BCUT2D eigenvalue weighted by molar-refractivity contribution is 8.00. The Morgan fingerprint density at radius 2 is 1.72 bits per heavy atom. The van der Waals surface area contributed by atoms with Crippen molar-refractivity contribution < 1.29 is 23.1 Å². The highest BCUT2D eigenvalue weighted by Crippen LogP contribution is 2.32. The summed E-state index contributed by atoms with van der Waals surface area (Å²) in [5.41, 5.74) is 9.84. The predicted octanol–water partition coefficient (Wildman–Crippen LogP) is 5.10. The Bertz CT molecular complexity index is 1370. The molecule has 204 valence electrons. The van der Waals surface area contributed by atoms with Crippen LogP contribution in [-0.4, -0.2) is 39.1 Å². The molecule has 1 aromatic heterocycles. The van der Waals surface area contributed by atoms with Gasteiger partial charge in [0.2, 0.25) is 5.89 Å². The minimum atomic E-state index is -1.11. The number of nitrogens with zero attached hydrogens (tertiary/aromatic N) is 2. The van der Waals surface area contributed by atoms with Crippen LogP contribution in [0.3, 0.4) is 0 Å². The molecule has 4 rings (SSSR count). The molecule has 1 heterocycles. The van der Waals surface area contributed by atoms with Crippen LogP contribution in [-0.2, 0) is 24.2 Å². The van der Waals surface area contributed by atoms with Gasteiger partial charge in [0, 0.05) is 36.7 Å². The van der Waals surface area contributed by atoms with E-state index in [9.17, 15) is 18.7 Å². The number of benzene rings is 3. The van der Waals surface area contributed by atoms with Crippen LogP contribution < -0.4 is 11.1 Å². The number of carboxylic acid groups (broad SMARTS) is 1. The number of hydrogen-bond acceptors (Lipinski definition) is 7. The third-order valence-corrected chi connectivity index (χ3v) is 7.51. The van der Waals surface area contributed by atoms with Crippen molar-refractivity contribution in [3.05, 3.63) is 101 Å². The molecule has 0 aliphatic heterocycles. The molecule has 3 atom stereocenters. The molecular weight excluding hydrogens is 522 g/mol. The Morgan fingerprint density at radius 3 is 2.41 bits per heavy atom. The van der Waals surface area contributed by atoms with E-state index in [4.69, 9.17) is 10.2 Å². The molecule has 7 nitrogen and oxygen atoms in total. The normalized spacial score (nSPS) is 13.6. The maximum atomic E-state index is 13.8. The van der Waals surface area contributed by atoms with Gasteiger partial charge in [-0.2, -0.15) is 0 Å². The predicted molar refractivity (Wildman–Crippen MR) is 146 cm³/mol. The summed E-state index contributed by atoms with van der Waals surface area (Å²) in [6.45, 7) is 2.81. The first kappa shape index (κ1) is 28.4. The maximum absolute atomic E-state index is 13.8. The lowest BCUT2D eigenvalue weighted by Gasteiger charge is -2.29.